The molecule has 0 spiro atoms. The summed E-state index contributed by atoms with van der Waals surface area (Å²) in [4.78, 5) is 12.4. The number of rotatable bonds is 5. The quantitative estimate of drug-likeness (QED) is 0.450. The number of nitrogens with zero attached hydrogens (tertiary/aromatic N) is 5. The summed E-state index contributed by atoms with van der Waals surface area (Å²) >= 11 is 0. The number of fused-ring (bicyclic) bond motifs is 1. The van der Waals surface area contributed by atoms with Gasteiger partial charge in [-0.2, -0.15) is 5.10 Å². The molecule has 0 unspecified atom stereocenters. The minimum Gasteiger partial charge on any atom is -0.378 e. The van der Waals surface area contributed by atoms with Crippen LogP contribution in [0.3, 0.4) is 0 Å². The molecule has 1 atom stereocenters. The van der Waals surface area contributed by atoms with Crippen LogP contribution in [-0.4, -0.2) is 55.5 Å². The Hall–Kier alpha value is -3.10. The first kappa shape index (κ1) is 20.5. The van der Waals surface area contributed by atoms with Gasteiger partial charge in [0.05, 0.1) is 40.8 Å². The van der Waals surface area contributed by atoms with Crippen molar-refractivity contribution in [1.29, 1.82) is 0 Å². The average molecular weight is 460 g/mol. The molecule has 0 N–H and O–H groups in total. The number of hydrogen-bond donors (Lipinski definition) is 0. The minimum atomic E-state index is -0.982. The SMILES string of the molecule is O=[S@](c1cnc2c(cnn2-c2cccc(-c3ccc(N4CCOCC4)nc3)c2)c1)C1CCC1. The first-order valence-corrected chi connectivity index (χ1v) is 12.6. The maximum Gasteiger partial charge on any atom is 0.162 e. The molecule has 8 heteroatoms. The predicted molar refractivity (Wildman–Crippen MR) is 129 cm³/mol. The standard InChI is InChI=1S/C25H25N5O2S/c31-33(22-5-2-6-22)23-14-20-16-28-30(25(20)27-17-23)21-4-1-3-18(13-21)19-7-8-24(26-15-19)29-9-11-32-12-10-29/h1,3-4,7-8,13-17,22H,2,5-6,9-12H2/t33-/m0/s1. The van der Waals surface area contributed by atoms with E-state index in [1.807, 2.05) is 29.1 Å². The Morgan fingerprint density at radius 1 is 0.939 bits per heavy atom. The largest absolute Gasteiger partial charge is 0.378 e. The van der Waals surface area contributed by atoms with Gasteiger partial charge in [-0.1, -0.05) is 18.6 Å². The molecular weight excluding hydrogens is 434 g/mol. The molecule has 33 heavy (non-hydrogen) atoms. The van der Waals surface area contributed by atoms with E-state index in [1.54, 1.807) is 12.4 Å². The van der Waals surface area contributed by atoms with Crippen LogP contribution in [0.25, 0.3) is 27.8 Å². The van der Waals surface area contributed by atoms with Crippen molar-refractivity contribution in [3.63, 3.8) is 0 Å². The summed E-state index contributed by atoms with van der Waals surface area (Å²) in [5, 5.41) is 5.76. The fraction of sp³-hybridized carbons (Fsp3) is 0.320. The molecule has 2 fully saturated rings. The highest BCUT2D eigenvalue weighted by Gasteiger charge is 2.25. The molecule has 1 aliphatic carbocycles. The Morgan fingerprint density at radius 3 is 2.58 bits per heavy atom. The van der Waals surface area contributed by atoms with Crippen LogP contribution in [0.15, 0.2) is 66.0 Å². The van der Waals surface area contributed by atoms with Gasteiger partial charge in [-0.25, -0.2) is 14.6 Å². The van der Waals surface area contributed by atoms with Crippen LogP contribution in [0, 0.1) is 0 Å². The Balaban J connectivity index is 1.28. The molecule has 3 aromatic heterocycles. The van der Waals surface area contributed by atoms with Crippen molar-refractivity contribution in [2.24, 2.45) is 0 Å². The summed E-state index contributed by atoms with van der Waals surface area (Å²) in [6.45, 7) is 3.24. The van der Waals surface area contributed by atoms with Gasteiger partial charge in [-0.3, -0.25) is 4.21 Å². The van der Waals surface area contributed by atoms with Gasteiger partial charge >= 0.3 is 0 Å². The highest BCUT2D eigenvalue weighted by atomic mass is 32.2. The van der Waals surface area contributed by atoms with Crippen LogP contribution < -0.4 is 4.90 Å². The van der Waals surface area contributed by atoms with E-state index in [0.29, 0.717) is 0 Å². The summed E-state index contributed by atoms with van der Waals surface area (Å²) < 4.78 is 20.0. The molecule has 4 heterocycles. The minimum absolute atomic E-state index is 0.277. The second kappa shape index (κ2) is 8.68. The maximum atomic E-state index is 12.7. The first-order chi connectivity index (χ1) is 16.3. The number of morpholine rings is 1. The van der Waals surface area contributed by atoms with Crippen molar-refractivity contribution in [2.45, 2.75) is 29.4 Å². The van der Waals surface area contributed by atoms with Gasteiger partial charge in [0.1, 0.15) is 5.82 Å². The van der Waals surface area contributed by atoms with Crippen LogP contribution in [0.4, 0.5) is 5.82 Å². The van der Waals surface area contributed by atoms with E-state index in [-0.39, 0.29) is 5.25 Å². The number of anilines is 1. The van der Waals surface area contributed by atoms with E-state index in [0.717, 1.165) is 77.7 Å². The lowest BCUT2D eigenvalue weighted by atomic mass is 10.0. The van der Waals surface area contributed by atoms with Crippen molar-refractivity contribution >= 4 is 27.7 Å². The molecular formula is C25H25N5O2S. The Morgan fingerprint density at radius 2 is 1.82 bits per heavy atom. The average Bonchev–Trinajstić information content (AvgIpc) is 3.27. The molecule has 7 nitrogen and oxygen atoms in total. The third-order valence-corrected chi connectivity index (χ3v) is 8.24. The zero-order valence-corrected chi connectivity index (χ0v) is 19.1. The lowest BCUT2D eigenvalue weighted by Crippen LogP contribution is -2.36. The maximum absolute atomic E-state index is 12.7. The van der Waals surface area contributed by atoms with Crippen LogP contribution >= 0.6 is 0 Å². The number of benzene rings is 1. The molecule has 2 aliphatic rings. The molecule has 4 aromatic rings. The highest BCUT2D eigenvalue weighted by molar-refractivity contribution is 7.85. The molecule has 0 bridgehead atoms. The Kier molecular flexibility index (Phi) is 5.39. The smallest absolute Gasteiger partial charge is 0.162 e. The van der Waals surface area contributed by atoms with E-state index in [9.17, 15) is 4.21 Å². The van der Waals surface area contributed by atoms with Crippen LogP contribution in [0.2, 0.25) is 0 Å². The highest BCUT2D eigenvalue weighted by Crippen LogP contribution is 2.30. The lowest BCUT2D eigenvalue weighted by Gasteiger charge is -2.27. The Labute approximate surface area is 194 Å². The van der Waals surface area contributed by atoms with Gasteiger partial charge in [-0.05, 0) is 48.7 Å². The van der Waals surface area contributed by atoms with E-state index >= 15 is 0 Å². The second-order valence-corrected chi connectivity index (χ2v) is 10.3. The van der Waals surface area contributed by atoms with E-state index < -0.39 is 10.8 Å². The van der Waals surface area contributed by atoms with E-state index in [2.05, 4.69) is 44.2 Å². The fourth-order valence-corrected chi connectivity index (χ4v) is 5.88. The van der Waals surface area contributed by atoms with Gasteiger partial charge < -0.3 is 9.64 Å². The Bertz CT molecular complexity index is 1310. The van der Waals surface area contributed by atoms with Crippen LogP contribution in [0.1, 0.15) is 19.3 Å². The number of hydrogen-bond acceptors (Lipinski definition) is 6. The summed E-state index contributed by atoms with van der Waals surface area (Å²) in [6, 6.07) is 14.4. The van der Waals surface area contributed by atoms with Crippen molar-refractivity contribution < 1.29 is 8.95 Å². The lowest BCUT2D eigenvalue weighted by molar-refractivity contribution is 0.122. The monoisotopic (exact) mass is 459 g/mol. The van der Waals surface area contributed by atoms with Gasteiger partial charge in [0.25, 0.3) is 0 Å². The van der Waals surface area contributed by atoms with Gasteiger partial charge in [-0.15, -0.1) is 0 Å². The van der Waals surface area contributed by atoms with Crippen LogP contribution in [0.5, 0.6) is 0 Å². The first-order valence-electron chi connectivity index (χ1n) is 11.4. The summed E-state index contributed by atoms with van der Waals surface area (Å²) in [7, 11) is -0.982. The van der Waals surface area contributed by atoms with E-state index in [1.165, 1.54) is 6.42 Å². The zero-order valence-electron chi connectivity index (χ0n) is 18.3. The summed E-state index contributed by atoms with van der Waals surface area (Å²) in [5.74, 6) is 0.982. The molecule has 168 valence electrons. The molecule has 0 radical (unpaired) electrons. The van der Waals surface area contributed by atoms with Crippen molar-refractivity contribution in [3.8, 4) is 16.8 Å². The normalized spacial score (nSPS) is 17.8. The van der Waals surface area contributed by atoms with Crippen LogP contribution in [-0.2, 0) is 15.5 Å². The molecule has 1 saturated heterocycles. The molecule has 1 saturated carbocycles. The molecule has 0 amide bonds. The fourth-order valence-electron chi connectivity index (χ4n) is 4.33. The third-order valence-electron chi connectivity index (χ3n) is 6.48. The van der Waals surface area contributed by atoms with Gasteiger partial charge in [0, 0.05) is 41.7 Å². The van der Waals surface area contributed by atoms with Crippen molar-refractivity contribution in [3.05, 3.63) is 61.1 Å². The van der Waals surface area contributed by atoms with Gasteiger partial charge in [0.15, 0.2) is 5.65 Å². The molecule has 6 rings (SSSR count). The van der Waals surface area contributed by atoms with Crippen molar-refractivity contribution in [2.75, 3.05) is 31.2 Å². The van der Waals surface area contributed by atoms with E-state index in [4.69, 9.17) is 4.74 Å². The predicted octanol–water partition coefficient (Wildman–Crippen LogP) is 3.98. The zero-order chi connectivity index (χ0) is 22.2. The topological polar surface area (TPSA) is 73.1 Å². The summed E-state index contributed by atoms with van der Waals surface area (Å²) in [6.07, 6.45) is 8.72. The van der Waals surface area contributed by atoms with Crippen molar-refractivity contribution in [1.82, 2.24) is 19.7 Å². The number of pyridine rings is 2. The second-order valence-electron chi connectivity index (χ2n) is 8.55. The molecule has 1 aliphatic heterocycles. The van der Waals surface area contributed by atoms with Gasteiger partial charge in [0.2, 0.25) is 0 Å². The number of ether oxygens (including phenoxy) is 1. The molecule has 1 aromatic carbocycles. The summed E-state index contributed by atoms with van der Waals surface area (Å²) in [5.41, 5.74) is 3.82. The number of aromatic nitrogens is 4. The third kappa shape index (κ3) is 3.94.